The summed E-state index contributed by atoms with van der Waals surface area (Å²) in [6.07, 6.45) is 0. The van der Waals surface area contributed by atoms with Crippen molar-refractivity contribution < 1.29 is 23.9 Å². The molecule has 2 unspecified atom stereocenters. The van der Waals surface area contributed by atoms with Crippen LogP contribution in [0.4, 0.5) is 0 Å². The number of ether oxygens (including phenoxy) is 2. The fourth-order valence-electron chi connectivity index (χ4n) is 2.92. The van der Waals surface area contributed by atoms with E-state index in [1.807, 2.05) is 0 Å². The Bertz CT molecular complexity index is 869. The largest absolute Gasteiger partial charge is 0.497 e. The smallest absolute Gasteiger partial charge is 0.355 e. The second kappa shape index (κ2) is 8.63. The van der Waals surface area contributed by atoms with Crippen LogP contribution in [0.5, 0.6) is 5.75 Å². The average Bonchev–Trinajstić information content (AvgIpc) is 2.69. The lowest BCUT2D eigenvalue weighted by molar-refractivity contribution is -0.153. The van der Waals surface area contributed by atoms with Crippen LogP contribution in [-0.4, -0.2) is 50.8 Å². The first kappa shape index (κ1) is 22.1. The molecule has 1 saturated heterocycles. The number of nitrogens with one attached hydrogen (secondary N) is 1. The van der Waals surface area contributed by atoms with Crippen LogP contribution in [0.3, 0.4) is 0 Å². The van der Waals surface area contributed by atoms with Crippen LogP contribution in [0, 0.1) is 0 Å². The number of thioether (sulfide) groups is 1. The Kier molecular flexibility index (Phi) is 6.57. The molecule has 2 heterocycles. The molecule has 0 bridgehead atoms. The van der Waals surface area contributed by atoms with E-state index in [0.29, 0.717) is 17.1 Å². The zero-order valence-corrected chi connectivity index (χ0v) is 18.5. The van der Waals surface area contributed by atoms with Crippen LogP contribution < -0.4 is 10.1 Å². The molecule has 1 aromatic carbocycles. The predicted octanol–water partition coefficient (Wildman–Crippen LogP) is 2.78. The number of β-lactam (4-membered cyclic amide) rings is 1. The fourth-order valence-corrected chi connectivity index (χ4v) is 4.38. The molecule has 2 aliphatic rings. The van der Waals surface area contributed by atoms with E-state index in [1.165, 1.54) is 16.7 Å². The lowest BCUT2D eigenvalue weighted by atomic mass is 10.0. The Balaban J connectivity index is 1.67. The molecule has 2 amide bonds. The highest BCUT2D eigenvalue weighted by atomic mass is 35.6. The van der Waals surface area contributed by atoms with E-state index in [4.69, 9.17) is 44.3 Å². The number of rotatable bonds is 5. The fraction of sp³-hybridized carbons (Fsp3) is 0.389. The van der Waals surface area contributed by atoms with Crippen molar-refractivity contribution >= 4 is 64.3 Å². The van der Waals surface area contributed by atoms with Gasteiger partial charge in [0, 0.05) is 5.75 Å². The summed E-state index contributed by atoms with van der Waals surface area (Å²) in [5.74, 6) is -0.763. The number of methoxy groups -OCH3 is 1. The molecule has 3 rings (SSSR count). The van der Waals surface area contributed by atoms with E-state index in [1.54, 1.807) is 38.3 Å². The maximum atomic E-state index is 12.7. The van der Waals surface area contributed by atoms with Gasteiger partial charge in [-0.3, -0.25) is 14.5 Å². The Hall–Kier alpha value is -1.61. The molecule has 0 spiro atoms. The summed E-state index contributed by atoms with van der Waals surface area (Å²) >= 11 is 18.1. The number of hydrogen-bond acceptors (Lipinski definition) is 6. The van der Waals surface area contributed by atoms with Gasteiger partial charge in [-0.2, -0.15) is 0 Å². The van der Waals surface area contributed by atoms with E-state index in [0.717, 1.165) is 5.56 Å². The minimum atomic E-state index is -2.17. The molecular weight excluding hydrogens is 463 g/mol. The topological polar surface area (TPSA) is 84.9 Å². The lowest BCUT2D eigenvalue weighted by Crippen LogP contribution is -2.71. The molecule has 0 aliphatic carbocycles. The van der Waals surface area contributed by atoms with Gasteiger partial charge in [-0.1, -0.05) is 46.9 Å². The average molecular weight is 480 g/mol. The SMILES string of the molecule is COc1ccc(COC(=O)C2=C(C)CSC3C(NC(=O)C(Cl)(Cl)Cl)C(=O)N23)cc1. The number of fused-ring (bicyclic) bond motifs is 1. The van der Waals surface area contributed by atoms with Gasteiger partial charge in [-0.15, -0.1) is 11.8 Å². The second-order valence-electron chi connectivity index (χ2n) is 6.41. The van der Waals surface area contributed by atoms with Gasteiger partial charge in [0.2, 0.25) is 0 Å². The number of carbonyl (C=O) groups is 3. The highest BCUT2D eigenvalue weighted by molar-refractivity contribution is 8.00. The van der Waals surface area contributed by atoms with Crippen molar-refractivity contribution in [2.24, 2.45) is 0 Å². The number of nitrogens with zero attached hydrogens (tertiary/aromatic N) is 1. The van der Waals surface area contributed by atoms with Crippen LogP contribution in [0.15, 0.2) is 35.5 Å². The Morgan fingerprint density at radius 2 is 1.93 bits per heavy atom. The number of hydrogen-bond donors (Lipinski definition) is 1. The molecule has 7 nitrogen and oxygen atoms in total. The first-order chi connectivity index (χ1) is 13.6. The van der Waals surface area contributed by atoms with Gasteiger partial charge >= 0.3 is 5.97 Å². The minimum Gasteiger partial charge on any atom is -0.497 e. The molecule has 2 aliphatic heterocycles. The zero-order chi connectivity index (χ0) is 21.3. The van der Waals surface area contributed by atoms with E-state index in [-0.39, 0.29) is 12.3 Å². The van der Waals surface area contributed by atoms with Crippen molar-refractivity contribution in [1.82, 2.24) is 10.2 Å². The van der Waals surface area contributed by atoms with Crippen LogP contribution >= 0.6 is 46.6 Å². The standard InChI is InChI=1S/C18H17Cl3N2O5S/c1-9-8-29-15-12(22-17(26)18(19,20)21)14(24)23(15)13(9)16(25)28-7-10-3-5-11(27-2)6-4-10/h3-6,12,15H,7-8H2,1-2H3,(H,22,26). The predicted molar refractivity (Wildman–Crippen MR) is 111 cm³/mol. The molecule has 29 heavy (non-hydrogen) atoms. The first-order valence-electron chi connectivity index (χ1n) is 8.45. The highest BCUT2D eigenvalue weighted by Gasteiger charge is 2.55. The van der Waals surface area contributed by atoms with E-state index >= 15 is 0 Å². The Morgan fingerprint density at radius 1 is 1.28 bits per heavy atom. The molecule has 2 atom stereocenters. The molecule has 1 N–H and O–H groups in total. The molecule has 156 valence electrons. The summed E-state index contributed by atoms with van der Waals surface area (Å²) in [6.45, 7) is 1.81. The van der Waals surface area contributed by atoms with Gasteiger partial charge in [0.25, 0.3) is 15.6 Å². The van der Waals surface area contributed by atoms with Gasteiger partial charge in [0.15, 0.2) is 0 Å². The number of amides is 2. The first-order valence-corrected chi connectivity index (χ1v) is 10.6. The van der Waals surface area contributed by atoms with Gasteiger partial charge < -0.3 is 14.8 Å². The monoisotopic (exact) mass is 478 g/mol. The van der Waals surface area contributed by atoms with E-state index in [9.17, 15) is 14.4 Å². The number of benzene rings is 1. The Morgan fingerprint density at radius 3 is 2.52 bits per heavy atom. The number of alkyl halides is 3. The van der Waals surface area contributed by atoms with Gasteiger partial charge in [0.1, 0.15) is 29.5 Å². The van der Waals surface area contributed by atoms with E-state index in [2.05, 4.69) is 5.32 Å². The molecular formula is C18H17Cl3N2O5S. The summed E-state index contributed by atoms with van der Waals surface area (Å²) in [5, 5.41) is 1.95. The van der Waals surface area contributed by atoms with Crippen molar-refractivity contribution in [3.63, 3.8) is 0 Å². The molecule has 1 fully saturated rings. The zero-order valence-electron chi connectivity index (χ0n) is 15.4. The van der Waals surface area contributed by atoms with Crippen LogP contribution in [0.1, 0.15) is 12.5 Å². The third-order valence-corrected chi connectivity index (χ3v) is 6.36. The normalized spacial score (nSPS) is 21.3. The van der Waals surface area contributed by atoms with Crippen molar-refractivity contribution in [2.45, 2.75) is 28.7 Å². The minimum absolute atomic E-state index is 0.0485. The number of halogens is 3. The van der Waals surface area contributed by atoms with Crippen molar-refractivity contribution in [3.05, 3.63) is 41.1 Å². The van der Waals surface area contributed by atoms with Crippen molar-refractivity contribution in [3.8, 4) is 5.75 Å². The van der Waals surface area contributed by atoms with Crippen LogP contribution in [0.25, 0.3) is 0 Å². The highest BCUT2D eigenvalue weighted by Crippen LogP contribution is 2.41. The summed E-state index contributed by atoms with van der Waals surface area (Å²) < 4.78 is 8.31. The van der Waals surface area contributed by atoms with Crippen LogP contribution in [-0.2, 0) is 25.7 Å². The third kappa shape index (κ3) is 4.60. The maximum Gasteiger partial charge on any atom is 0.355 e. The van der Waals surface area contributed by atoms with Crippen molar-refractivity contribution in [1.29, 1.82) is 0 Å². The molecule has 0 aromatic heterocycles. The van der Waals surface area contributed by atoms with Crippen LogP contribution in [0.2, 0.25) is 0 Å². The third-order valence-electron chi connectivity index (χ3n) is 4.43. The molecule has 0 radical (unpaired) electrons. The van der Waals surface area contributed by atoms with Gasteiger partial charge in [0.05, 0.1) is 7.11 Å². The maximum absolute atomic E-state index is 12.7. The number of esters is 1. The summed E-state index contributed by atoms with van der Waals surface area (Å²) in [7, 11) is 1.56. The van der Waals surface area contributed by atoms with Gasteiger partial charge in [-0.25, -0.2) is 4.79 Å². The number of carbonyl (C=O) groups excluding carboxylic acids is 3. The summed E-state index contributed by atoms with van der Waals surface area (Å²) in [5.41, 5.74) is 1.68. The molecule has 11 heteroatoms. The van der Waals surface area contributed by atoms with Crippen molar-refractivity contribution in [2.75, 3.05) is 12.9 Å². The van der Waals surface area contributed by atoms with E-state index < -0.39 is 33.0 Å². The Labute approximate surface area is 186 Å². The summed E-state index contributed by atoms with van der Waals surface area (Å²) in [4.78, 5) is 38.4. The molecule has 0 saturated carbocycles. The second-order valence-corrected chi connectivity index (χ2v) is 9.80. The lowest BCUT2D eigenvalue weighted by Gasteiger charge is -2.49. The quantitative estimate of drug-likeness (QED) is 0.397. The summed E-state index contributed by atoms with van der Waals surface area (Å²) in [6, 6.07) is 6.21. The van der Waals surface area contributed by atoms with Gasteiger partial charge in [-0.05, 0) is 30.2 Å². The molecule has 1 aromatic rings.